The van der Waals surface area contributed by atoms with E-state index in [9.17, 15) is 14.4 Å². The summed E-state index contributed by atoms with van der Waals surface area (Å²) in [6, 6.07) is 13.8. The first kappa shape index (κ1) is 19.6. The van der Waals surface area contributed by atoms with Crippen molar-refractivity contribution >= 4 is 40.4 Å². The van der Waals surface area contributed by atoms with Crippen molar-refractivity contribution in [2.24, 2.45) is 5.73 Å². The van der Waals surface area contributed by atoms with Gasteiger partial charge < -0.3 is 15.2 Å². The zero-order valence-electron chi connectivity index (χ0n) is 13.1. The maximum Gasteiger partial charge on any atom is 0.308 e. The normalized spacial score (nSPS) is 9.29. The van der Waals surface area contributed by atoms with Crippen LogP contribution in [0.1, 0.15) is 24.2 Å². The molecule has 6 nitrogen and oxygen atoms in total. The molecule has 2 aromatic carbocycles. The first-order valence-corrected chi connectivity index (χ1v) is 7.89. The SMILES string of the molecule is CC(=O)Oc1cccc(I)c1OC(C)=O.NC(=O)c1ccccc1. The lowest BCUT2D eigenvalue weighted by atomic mass is 10.2. The molecule has 0 heterocycles. The van der Waals surface area contributed by atoms with Gasteiger partial charge in [0.25, 0.3) is 0 Å². The van der Waals surface area contributed by atoms with Gasteiger partial charge >= 0.3 is 11.9 Å². The predicted octanol–water partition coefficient (Wildman–Crippen LogP) is 2.93. The number of nitrogens with two attached hydrogens (primary N) is 1. The summed E-state index contributed by atoms with van der Waals surface area (Å²) < 4.78 is 10.6. The quantitative estimate of drug-likeness (QED) is 0.449. The van der Waals surface area contributed by atoms with Gasteiger partial charge in [-0.2, -0.15) is 0 Å². The Morgan fingerprint density at radius 2 is 1.46 bits per heavy atom. The largest absolute Gasteiger partial charge is 0.423 e. The van der Waals surface area contributed by atoms with Crippen LogP contribution in [-0.4, -0.2) is 17.8 Å². The second kappa shape index (κ2) is 9.66. The summed E-state index contributed by atoms with van der Waals surface area (Å²) in [6.07, 6.45) is 0. The number of halogens is 1. The van der Waals surface area contributed by atoms with Crippen LogP contribution < -0.4 is 15.2 Å². The number of carbonyl (C=O) groups is 3. The van der Waals surface area contributed by atoms with Crippen molar-refractivity contribution in [3.05, 3.63) is 57.7 Å². The van der Waals surface area contributed by atoms with Gasteiger partial charge in [-0.25, -0.2) is 0 Å². The number of hydrogen-bond acceptors (Lipinski definition) is 5. The van der Waals surface area contributed by atoms with E-state index in [1.54, 1.807) is 42.5 Å². The molecule has 0 saturated heterocycles. The van der Waals surface area contributed by atoms with Crippen LogP contribution in [0.5, 0.6) is 11.5 Å². The van der Waals surface area contributed by atoms with E-state index < -0.39 is 11.9 Å². The Balaban J connectivity index is 0.000000272. The Hall–Kier alpha value is -2.42. The number of rotatable bonds is 3. The van der Waals surface area contributed by atoms with Gasteiger partial charge in [0.05, 0.1) is 3.57 Å². The summed E-state index contributed by atoms with van der Waals surface area (Å²) in [7, 11) is 0. The number of benzene rings is 2. The Morgan fingerprint density at radius 3 is 1.92 bits per heavy atom. The summed E-state index contributed by atoms with van der Waals surface area (Å²) in [6.45, 7) is 2.58. The van der Waals surface area contributed by atoms with E-state index in [0.29, 0.717) is 9.13 Å². The molecule has 0 spiro atoms. The minimum Gasteiger partial charge on any atom is -0.423 e. The van der Waals surface area contributed by atoms with E-state index >= 15 is 0 Å². The Labute approximate surface area is 153 Å². The number of amides is 1. The lowest BCUT2D eigenvalue weighted by molar-refractivity contribution is -0.134. The lowest BCUT2D eigenvalue weighted by Crippen LogP contribution is -2.09. The average molecular weight is 441 g/mol. The number of hydrogen-bond donors (Lipinski definition) is 1. The lowest BCUT2D eigenvalue weighted by Gasteiger charge is -2.09. The summed E-state index contributed by atoms with van der Waals surface area (Å²) in [5.41, 5.74) is 5.53. The van der Waals surface area contributed by atoms with Crippen molar-refractivity contribution in [1.29, 1.82) is 0 Å². The van der Waals surface area contributed by atoms with Crippen molar-refractivity contribution in [3.8, 4) is 11.5 Å². The van der Waals surface area contributed by atoms with Crippen LogP contribution in [0, 0.1) is 3.57 Å². The minimum absolute atomic E-state index is 0.254. The van der Waals surface area contributed by atoms with Gasteiger partial charge in [0.2, 0.25) is 5.91 Å². The highest BCUT2D eigenvalue weighted by molar-refractivity contribution is 14.1. The number of primary amides is 1. The van der Waals surface area contributed by atoms with Gasteiger partial charge in [-0.1, -0.05) is 24.3 Å². The van der Waals surface area contributed by atoms with Gasteiger partial charge in [0, 0.05) is 19.4 Å². The molecule has 0 aliphatic carbocycles. The molecule has 0 atom stereocenters. The van der Waals surface area contributed by atoms with Crippen LogP contribution in [0.25, 0.3) is 0 Å². The smallest absolute Gasteiger partial charge is 0.308 e. The predicted molar refractivity (Wildman–Crippen MR) is 96.7 cm³/mol. The molecule has 0 saturated carbocycles. The monoisotopic (exact) mass is 441 g/mol. The summed E-state index contributed by atoms with van der Waals surface area (Å²) in [4.78, 5) is 32.1. The fourth-order valence-corrected chi connectivity index (χ4v) is 2.15. The highest BCUT2D eigenvalue weighted by Crippen LogP contribution is 2.32. The highest BCUT2D eigenvalue weighted by Gasteiger charge is 2.12. The average Bonchev–Trinajstić information content (AvgIpc) is 2.51. The van der Waals surface area contributed by atoms with Gasteiger partial charge in [-0.05, 0) is 46.9 Å². The van der Waals surface area contributed by atoms with E-state index in [2.05, 4.69) is 0 Å². The van der Waals surface area contributed by atoms with Crippen LogP contribution in [0.15, 0.2) is 48.5 Å². The molecule has 2 rings (SSSR count). The molecule has 2 N–H and O–H groups in total. The maximum atomic E-state index is 10.8. The first-order valence-electron chi connectivity index (χ1n) is 6.81. The van der Waals surface area contributed by atoms with Crippen molar-refractivity contribution < 1.29 is 23.9 Å². The summed E-state index contributed by atoms with van der Waals surface area (Å²) in [5, 5.41) is 0. The summed E-state index contributed by atoms with van der Waals surface area (Å²) in [5.74, 6) is -0.751. The molecule has 126 valence electrons. The molecule has 0 aliphatic rings. The molecule has 0 unspecified atom stereocenters. The molecular formula is C17H16INO5. The van der Waals surface area contributed by atoms with E-state index in [4.69, 9.17) is 15.2 Å². The van der Waals surface area contributed by atoms with Crippen LogP contribution in [0.2, 0.25) is 0 Å². The zero-order chi connectivity index (χ0) is 18.1. The van der Waals surface area contributed by atoms with Crippen molar-refractivity contribution in [2.75, 3.05) is 0 Å². The van der Waals surface area contributed by atoms with E-state index in [-0.39, 0.29) is 17.4 Å². The Bertz CT molecular complexity index is 731. The molecule has 0 bridgehead atoms. The molecule has 1 amide bonds. The molecule has 0 aromatic heterocycles. The van der Waals surface area contributed by atoms with Crippen LogP contribution in [0.4, 0.5) is 0 Å². The standard InChI is InChI=1S/C10H9IO4.C7H7NO/c1-6(12)14-9-5-3-4-8(11)10(9)15-7(2)13;8-7(9)6-4-2-1-3-5-6/h3-5H,1-2H3;1-5H,(H2,8,9). The maximum absolute atomic E-state index is 10.8. The van der Waals surface area contributed by atoms with Gasteiger partial charge in [-0.15, -0.1) is 0 Å². The first-order chi connectivity index (χ1) is 11.3. The van der Waals surface area contributed by atoms with Crippen LogP contribution in [-0.2, 0) is 9.59 Å². The molecule has 0 fully saturated rings. The second-order valence-electron chi connectivity index (χ2n) is 4.48. The van der Waals surface area contributed by atoms with E-state index in [1.165, 1.54) is 13.8 Å². The van der Waals surface area contributed by atoms with Gasteiger partial charge in [-0.3, -0.25) is 14.4 Å². The fourth-order valence-electron chi connectivity index (χ4n) is 1.57. The van der Waals surface area contributed by atoms with E-state index in [1.807, 2.05) is 28.7 Å². The Morgan fingerprint density at radius 1 is 0.875 bits per heavy atom. The van der Waals surface area contributed by atoms with Gasteiger partial charge in [0.15, 0.2) is 11.5 Å². The highest BCUT2D eigenvalue weighted by atomic mass is 127. The molecule has 7 heteroatoms. The van der Waals surface area contributed by atoms with Crippen molar-refractivity contribution in [2.45, 2.75) is 13.8 Å². The van der Waals surface area contributed by atoms with Crippen molar-refractivity contribution in [1.82, 2.24) is 0 Å². The molecule has 24 heavy (non-hydrogen) atoms. The second-order valence-corrected chi connectivity index (χ2v) is 5.65. The van der Waals surface area contributed by atoms with E-state index in [0.717, 1.165) is 0 Å². The molecular weight excluding hydrogens is 425 g/mol. The number of carbonyl (C=O) groups excluding carboxylic acids is 3. The van der Waals surface area contributed by atoms with Crippen LogP contribution in [0.3, 0.4) is 0 Å². The number of esters is 2. The molecule has 2 aromatic rings. The third-order valence-electron chi connectivity index (χ3n) is 2.49. The zero-order valence-corrected chi connectivity index (χ0v) is 15.3. The topological polar surface area (TPSA) is 95.7 Å². The van der Waals surface area contributed by atoms with Gasteiger partial charge in [0.1, 0.15) is 0 Å². The molecule has 0 aliphatic heterocycles. The number of ether oxygens (including phenoxy) is 2. The fraction of sp³-hybridized carbons (Fsp3) is 0.118. The third-order valence-corrected chi connectivity index (χ3v) is 3.34. The summed E-state index contributed by atoms with van der Waals surface area (Å²) >= 11 is 2.00. The minimum atomic E-state index is -0.453. The number of para-hydroxylation sites is 1. The van der Waals surface area contributed by atoms with Crippen molar-refractivity contribution in [3.63, 3.8) is 0 Å². The van der Waals surface area contributed by atoms with Crippen LogP contribution >= 0.6 is 22.6 Å². The third kappa shape index (κ3) is 6.78. The molecule has 0 radical (unpaired) electrons. The Kier molecular flexibility index (Phi) is 7.90.